The van der Waals surface area contributed by atoms with Crippen LogP contribution in [0.5, 0.6) is 34.8 Å². The average molecular weight is 1860 g/mol. The lowest BCUT2D eigenvalue weighted by Crippen LogP contribution is -2.26. The van der Waals surface area contributed by atoms with Crippen molar-refractivity contribution in [1.82, 2.24) is 91.1 Å². The van der Waals surface area contributed by atoms with Crippen molar-refractivity contribution in [2.75, 3.05) is 7.11 Å². The van der Waals surface area contributed by atoms with Gasteiger partial charge in [-0.1, -0.05) is 152 Å². The van der Waals surface area contributed by atoms with E-state index in [1.165, 1.54) is 49.8 Å². The Morgan fingerprint density at radius 1 is 0.431 bits per heavy atom. The topological polar surface area (TPSA) is 368 Å². The van der Waals surface area contributed by atoms with Gasteiger partial charge in [-0.2, -0.15) is 0 Å². The minimum absolute atomic E-state index is 0.0123. The Morgan fingerprint density at radius 3 is 1.28 bits per heavy atom. The monoisotopic (exact) mass is 1850 g/mol. The molecule has 0 bridgehead atoms. The third kappa shape index (κ3) is 28.1. The molecule has 18 rings (SSSR count). The Labute approximate surface area is 782 Å². The van der Waals surface area contributed by atoms with E-state index < -0.39 is 11.5 Å². The molecule has 1 saturated carbocycles. The fourth-order valence-electron chi connectivity index (χ4n) is 13.1. The van der Waals surface area contributed by atoms with Crippen LogP contribution in [-0.4, -0.2) is 101 Å². The molecule has 10 aromatic carbocycles. The number of halogens is 5. The van der Waals surface area contributed by atoms with Crippen molar-refractivity contribution in [2.45, 2.75) is 104 Å². The summed E-state index contributed by atoms with van der Waals surface area (Å²) in [7, 11) is 1.46. The van der Waals surface area contributed by atoms with E-state index in [1.54, 1.807) is 205 Å². The van der Waals surface area contributed by atoms with Gasteiger partial charge in [0.05, 0.1) is 18.2 Å². The van der Waals surface area contributed by atoms with E-state index in [0.717, 1.165) is 40.7 Å². The van der Waals surface area contributed by atoms with Crippen LogP contribution in [0, 0.1) is 36.0 Å². The fraction of sp³-hybridized carbons (Fsp3) is 0.167. The Bertz CT molecular complexity index is 6890. The Balaban J connectivity index is 0.000000137. The molecule has 696 valence electrons. The number of aromatic nitrogens is 13. The first-order valence-electron chi connectivity index (χ1n) is 43.0. The molecule has 137 heavy (non-hydrogen) atoms. The lowest BCUT2D eigenvalue weighted by atomic mass is 9.97. The van der Waals surface area contributed by atoms with Crippen LogP contribution in [0.3, 0.4) is 0 Å². The number of rotatable bonds is 32. The summed E-state index contributed by atoms with van der Waals surface area (Å²) in [6, 6.07) is 76.0. The zero-order chi connectivity index (χ0) is 95.8. The number of fused-ring (bicyclic) bond motifs is 2. The van der Waals surface area contributed by atoms with Crippen molar-refractivity contribution in [3.8, 4) is 34.8 Å². The van der Waals surface area contributed by atoms with Crippen molar-refractivity contribution in [1.29, 1.82) is 0 Å². The second kappa shape index (κ2) is 47.1. The number of aryl methyl sites for hydroxylation is 1. The number of carbonyl (C=O) groups excluding carboxylic acids is 5. The van der Waals surface area contributed by atoms with E-state index >= 15 is 0 Å². The molecule has 7 heterocycles. The zero-order valence-corrected chi connectivity index (χ0v) is 74.4. The van der Waals surface area contributed by atoms with Gasteiger partial charge in [0.25, 0.3) is 23.6 Å². The molecule has 1 aliphatic carbocycles. The van der Waals surface area contributed by atoms with Gasteiger partial charge in [0.1, 0.15) is 108 Å². The van der Waals surface area contributed by atoms with Crippen LogP contribution in [0.4, 0.5) is 22.0 Å². The van der Waals surface area contributed by atoms with Crippen LogP contribution in [0.1, 0.15) is 152 Å². The lowest BCUT2D eigenvalue weighted by Gasteiger charge is -2.27. The van der Waals surface area contributed by atoms with Crippen molar-refractivity contribution in [2.24, 2.45) is 0 Å². The number of amides is 5. The third-order valence-corrected chi connectivity index (χ3v) is 20.8. The van der Waals surface area contributed by atoms with Crippen LogP contribution < -0.4 is 55.0 Å². The van der Waals surface area contributed by atoms with E-state index in [9.17, 15) is 45.9 Å². The van der Waals surface area contributed by atoms with Crippen LogP contribution in [0.25, 0.3) is 11.3 Å². The molecule has 0 radical (unpaired) electrons. The van der Waals surface area contributed by atoms with Gasteiger partial charge in [0, 0.05) is 96.8 Å². The summed E-state index contributed by atoms with van der Waals surface area (Å²) < 4.78 is 110. The molecule has 7 aromatic heterocycles. The zero-order valence-electron chi connectivity index (χ0n) is 74.4. The van der Waals surface area contributed by atoms with Gasteiger partial charge in [-0.3, -0.25) is 37.9 Å². The second-order valence-electron chi connectivity index (χ2n) is 31.2. The molecule has 30 nitrogen and oxygen atoms in total. The third-order valence-electron chi connectivity index (χ3n) is 20.8. The number of pyridine rings is 2. The molecule has 0 spiro atoms. The Morgan fingerprint density at radius 2 is 0.839 bits per heavy atom. The minimum Gasteiger partial charge on any atom is -0.489 e. The predicted octanol–water partition coefficient (Wildman–Crippen LogP) is 17.0. The molecule has 6 N–H and O–H groups in total. The number of methoxy groups -OCH3 is 1. The first-order chi connectivity index (χ1) is 66.6. The maximum absolute atomic E-state index is 14.1. The Kier molecular flexibility index (Phi) is 32.9. The SMILES string of the molecule is CC(C)(Oc1ccc(CNC(=O)c2cccn3cnnc23)cc1)c1ccccc1F.COc1ncc(C(=O)NCc2ccc(OCc3ccccc3F)cc2)cn1.Cc1nc(C(=O)NCc2ccc(OCc3ccccc3F)cc2)n[nH]1.O=C(NCc1ccc(OCc2ccccc2F)cc1)c1ccn2cnnc2c1.O=C(NCc1ccc(OCc2ccccc2F)cc1)c1nnc(C2CC2)o1. The maximum atomic E-state index is 14.1. The first kappa shape index (κ1) is 95.7. The fourth-order valence-corrected chi connectivity index (χ4v) is 13.1. The summed E-state index contributed by atoms with van der Waals surface area (Å²) in [6.45, 7) is 7.75. The number of nitrogens with zero attached hydrogens (tertiary/aromatic N) is 12. The van der Waals surface area contributed by atoms with Gasteiger partial charge in [-0.15, -0.1) is 35.7 Å². The van der Waals surface area contributed by atoms with Crippen molar-refractivity contribution < 1.29 is 78.8 Å². The van der Waals surface area contributed by atoms with Crippen LogP contribution >= 0.6 is 0 Å². The van der Waals surface area contributed by atoms with E-state index in [1.807, 2.05) is 86.6 Å². The quantitative estimate of drug-likeness (QED) is 0.0213. The average Bonchev–Trinajstić information content (AvgIpc) is 1.09. The number of hydrogen-bond acceptors (Lipinski definition) is 22. The summed E-state index contributed by atoms with van der Waals surface area (Å²) in [5.74, 6) is 1.78. The summed E-state index contributed by atoms with van der Waals surface area (Å²) in [4.78, 5) is 72.6. The van der Waals surface area contributed by atoms with E-state index in [-0.39, 0.29) is 96.9 Å². The lowest BCUT2D eigenvalue weighted by molar-refractivity contribution is 0.0910. The summed E-state index contributed by atoms with van der Waals surface area (Å²) >= 11 is 0. The van der Waals surface area contributed by atoms with Crippen LogP contribution in [0.15, 0.2) is 309 Å². The predicted molar refractivity (Wildman–Crippen MR) is 493 cm³/mol. The first-order valence-corrected chi connectivity index (χ1v) is 43.0. The summed E-state index contributed by atoms with van der Waals surface area (Å²) in [6.07, 6.45) is 11.5. The highest BCUT2D eigenvalue weighted by atomic mass is 19.1. The Hall–Kier alpha value is -17.4. The molecule has 0 aliphatic heterocycles. The van der Waals surface area contributed by atoms with Gasteiger partial charge < -0.3 is 59.4 Å². The normalized spacial score (nSPS) is 11.3. The maximum Gasteiger partial charge on any atom is 0.316 e. The van der Waals surface area contributed by atoms with Gasteiger partial charge in [0.15, 0.2) is 11.3 Å². The molecule has 0 unspecified atom stereocenters. The molecular formula is C102H91F5N18O12. The number of ether oxygens (including phenoxy) is 6. The van der Waals surface area contributed by atoms with Crippen LogP contribution in [0.2, 0.25) is 0 Å². The molecular weight excluding hydrogens is 1760 g/mol. The standard InChI is InChI=1S/C23H21FN4O2.C21H17FN4O2.2C20H18FN3O3.C18H17FN4O2/c1-23(2,19-7-3-4-8-20(19)24)30-17-11-9-16(10-12-17)14-25-22(29)18-6-5-13-28-15-26-27-21(18)28;22-19-4-2-1-3-17(19)13-28-18-7-5-15(6-8-18)12-23-21(27)16-9-10-26-14-24-25-20(26)11-16;21-17-4-2-1-3-15(17)12-26-16-9-5-13(6-10-16)11-22-18(25)20-24-23-19(27-20)14-7-8-14;1-26-20-23-11-16(12-24-20)19(25)22-10-14-6-8-17(9-7-14)27-13-15-4-2-3-5-18(15)21;1-12-21-17(23-22-12)18(24)20-10-13-6-8-15(9-7-13)25-11-14-4-2-3-5-16(14)19/h3-13,15H,14H2,1-2H3,(H,25,29);1-11,14H,12-13H2,(H,23,27);1-6,9-10,14H,7-8,11-12H2,(H,22,25);2-9,11-12H,10,13H2,1H3,(H,22,25);2-9H,10-11H2,1H3,(H,20,24)(H,21,22,23). The van der Waals surface area contributed by atoms with Gasteiger partial charge in [0.2, 0.25) is 11.7 Å². The number of hydrogen-bond donors (Lipinski definition) is 6. The van der Waals surface area contributed by atoms with Crippen LogP contribution in [-0.2, 0) is 64.8 Å². The highest BCUT2D eigenvalue weighted by molar-refractivity contribution is 5.99. The largest absolute Gasteiger partial charge is 0.489 e. The molecule has 0 saturated heterocycles. The molecule has 0 atom stereocenters. The molecule has 1 fully saturated rings. The van der Waals surface area contributed by atoms with Crippen molar-refractivity contribution >= 4 is 40.8 Å². The number of aromatic amines is 1. The minimum atomic E-state index is -0.821. The van der Waals surface area contributed by atoms with E-state index in [4.69, 9.17) is 32.8 Å². The molecule has 17 aromatic rings. The highest BCUT2D eigenvalue weighted by Gasteiger charge is 2.31. The summed E-state index contributed by atoms with van der Waals surface area (Å²) in [5, 5.41) is 43.7. The molecule has 1 aliphatic rings. The molecule has 35 heteroatoms. The van der Waals surface area contributed by atoms with Crippen molar-refractivity contribution in [3.05, 3.63) is 429 Å². The van der Waals surface area contributed by atoms with Gasteiger partial charge >= 0.3 is 17.8 Å². The second-order valence-corrected chi connectivity index (χ2v) is 31.2. The number of benzene rings is 10. The summed E-state index contributed by atoms with van der Waals surface area (Å²) in [5.41, 5.74) is 8.65. The number of carbonyl (C=O) groups is 5. The number of nitrogens with one attached hydrogen (secondary N) is 6. The van der Waals surface area contributed by atoms with Crippen molar-refractivity contribution in [3.63, 3.8) is 0 Å². The smallest absolute Gasteiger partial charge is 0.316 e. The van der Waals surface area contributed by atoms with E-state index in [0.29, 0.717) is 135 Å². The van der Waals surface area contributed by atoms with Gasteiger partial charge in [-0.25, -0.2) is 36.9 Å². The molecule has 5 amide bonds. The number of H-pyrrole nitrogens is 1. The highest BCUT2D eigenvalue weighted by Crippen LogP contribution is 2.39. The van der Waals surface area contributed by atoms with E-state index in [2.05, 4.69) is 82.3 Å². The van der Waals surface area contributed by atoms with Gasteiger partial charge in [-0.05, 0) is 177 Å².